The standard InChI is InChI=1S/C19H25NO4/c1-6-19(2,3)14(13-10-8-7-9-11-13)12-15(20)16(17(21)23-4)18(22)24-5/h7-12H,6,20H2,1-5H3/b14-12+. The zero-order valence-corrected chi connectivity index (χ0v) is 14.9. The third-order valence-electron chi connectivity index (χ3n) is 4.07. The van der Waals surface area contributed by atoms with Crippen molar-refractivity contribution in [2.24, 2.45) is 11.1 Å². The molecule has 1 rings (SSSR count). The van der Waals surface area contributed by atoms with E-state index in [0.717, 1.165) is 17.6 Å². The topological polar surface area (TPSA) is 78.6 Å². The van der Waals surface area contributed by atoms with Gasteiger partial charge in [0.1, 0.15) is 0 Å². The summed E-state index contributed by atoms with van der Waals surface area (Å²) in [4.78, 5) is 23.8. The van der Waals surface area contributed by atoms with Gasteiger partial charge in [0.15, 0.2) is 5.57 Å². The van der Waals surface area contributed by atoms with Crippen LogP contribution in [0.15, 0.2) is 47.7 Å². The maximum atomic E-state index is 11.9. The summed E-state index contributed by atoms with van der Waals surface area (Å²) in [6.45, 7) is 6.22. The van der Waals surface area contributed by atoms with Crippen LogP contribution in [-0.2, 0) is 19.1 Å². The molecule has 5 nitrogen and oxygen atoms in total. The van der Waals surface area contributed by atoms with Crippen molar-refractivity contribution >= 4 is 17.5 Å². The summed E-state index contributed by atoms with van der Waals surface area (Å²) in [5.74, 6) is -1.64. The van der Waals surface area contributed by atoms with E-state index >= 15 is 0 Å². The first-order valence-electron chi connectivity index (χ1n) is 7.72. The van der Waals surface area contributed by atoms with E-state index in [2.05, 4.69) is 30.2 Å². The van der Waals surface area contributed by atoms with Gasteiger partial charge in [-0.15, -0.1) is 0 Å². The van der Waals surface area contributed by atoms with Crippen molar-refractivity contribution in [3.63, 3.8) is 0 Å². The summed E-state index contributed by atoms with van der Waals surface area (Å²) < 4.78 is 9.30. The number of benzene rings is 1. The second-order valence-corrected chi connectivity index (χ2v) is 5.97. The molecule has 1 aromatic carbocycles. The second-order valence-electron chi connectivity index (χ2n) is 5.97. The molecular weight excluding hydrogens is 306 g/mol. The Hall–Kier alpha value is -2.56. The normalized spacial score (nSPS) is 11.6. The van der Waals surface area contributed by atoms with Crippen molar-refractivity contribution in [3.05, 3.63) is 53.2 Å². The van der Waals surface area contributed by atoms with Crippen LogP contribution in [0.5, 0.6) is 0 Å². The summed E-state index contributed by atoms with van der Waals surface area (Å²) in [6.07, 6.45) is 2.51. The van der Waals surface area contributed by atoms with Crippen LogP contribution in [0.25, 0.3) is 5.57 Å². The number of esters is 2. The van der Waals surface area contributed by atoms with Gasteiger partial charge >= 0.3 is 11.9 Å². The monoisotopic (exact) mass is 331 g/mol. The summed E-state index contributed by atoms with van der Waals surface area (Å²) in [5.41, 5.74) is 7.47. The molecule has 0 heterocycles. The van der Waals surface area contributed by atoms with Crippen molar-refractivity contribution in [2.45, 2.75) is 27.2 Å². The zero-order chi connectivity index (χ0) is 18.3. The molecule has 5 heteroatoms. The van der Waals surface area contributed by atoms with Crippen LogP contribution in [0, 0.1) is 5.41 Å². The summed E-state index contributed by atoms with van der Waals surface area (Å²) in [6, 6.07) is 9.71. The van der Waals surface area contributed by atoms with Crippen molar-refractivity contribution in [3.8, 4) is 0 Å². The van der Waals surface area contributed by atoms with Crippen LogP contribution in [0.4, 0.5) is 0 Å². The molecule has 0 bridgehead atoms. The third-order valence-corrected chi connectivity index (χ3v) is 4.07. The molecule has 0 atom stereocenters. The Balaban J connectivity index is 3.58. The third kappa shape index (κ3) is 4.47. The van der Waals surface area contributed by atoms with Crippen molar-refractivity contribution in [2.75, 3.05) is 14.2 Å². The van der Waals surface area contributed by atoms with Gasteiger partial charge in [-0.05, 0) is 29.0 Å². The minimum atomic E-state index is -0.822. The number of carbonyl (C=O) groups is 2. The smallest absolute Gasteiger partial charge is 0.347 e. The Bertz CT molecular complexity index is 639. The Kier molecular flexibility index (Phi) is 6.77. The maximum Gasteiger partial charge on any atom is 0.347 e. The van der Waals surface area contributed by atoms with Crippen LogP contribution < -0.4 is 5.73 Å². The first-order chi connectivity index (χ1) is 11.3. The molecular formula is C19H25NO4. The minimum absolute atomic E-state index is 0.0223. The number of rotatable bonds is 6. The maximum absolute atomic E-state index is 11.9. The summed E-state index contributed by atoms with van der Waals surface area (Å²) in [5, 5.41) is 0. The van der Waals surface area contributed by atoms with E-state index in [1.807, 2.05) is 30.3 Å². The van der Waals surface area contributed by atoms with E-state index in [1.54, 1.807) is 6.08 Å². The molecule has 0 amide bonds. The lowest BCUT2D eigenvalue weighted by Gasteiger charge is -2.27. The van der Waals surface area contributed by atoms with E-state index in [1.165, 1.54) is 14.2 Å². The molecule has 0 aliphatic heterocycles. The minimum Gasteiger partial charge on any atom is -0.465 e. The number of hydrogen-bond acceptors (Lipinski definition) is 5. The highest BCUT2D eigenvalue weighted by atomic mass is 16.5. The Labute approximate surface area is 143 Å². The van der Waals surface area contributed by atoms with E-state index in [4.69, 9.17) is 5.73 Å². The molecule has 0 radical (unpaired) electrons. The van der Waals surface area contributed by atoms with E-state index < -0.39 is 11.9 Å². The first kappa shape index (κ1) is 19.5. The zero-order valence-electron chi connectivity index (χ0n) is 14.9. The summed E-state index contributed by atoms with van der Waals surface area (Å²) in [7, 11) is 2.38. The van der Waals surface area contributed by atoms with Crippen LogP contribution in [0.3, 0.4) is 0 Å². The number of allylic oxidation sites excluding steroid dienone is 2. The van der Waals surface area contributed by atoms with E-state index in [-0.39, 0.29) is 16.7 Å². The number of nitrogens with two attached hydrogens (primary N) is 1. The second kappa shape index (κ2) is 8.34. The van der Waals surface area contributed by atoms with Gasteiger partial charge in [0.05, 0.1) is 19.9 Å². The van der Waals surface area contributed by atoms with Gasteiger partial charge in [-0.3, -0.25) is 0 Å². The molecule has 2 N–H and O–H groups in total. The molecule has 0 saturated carbocycles. The summed E-state index contributed by atoms with van der Waals surface area (Å²) >= 11 is 0. The quantitative estimate of drug-likeness (QED) is 0.285. The molecule has 0 unspecified atom stereocenters. The van der Waals surface area contributed by atoms with E-state index in [0.29, 0.717) is 0 Å². The molecule has 0 aliphatic carbocycles. The molecule has 0 aromatic heterocycles. The molecule has 24 heavy (non-hydrogen) atoms. The van der Waals surface area contributed by atoms with Crippen molar-refractivity contribution < 1.29 is 19.1 Å². The molecule has 130 valence electrons. The molecule has 0 aliphatic rings. The molecule has 0 saturated heterocycles. The SMILES string of the molecule is CCC(C)(C)/C(=C/C(N)=C(C(=O)OC)C(=O)OC)c1ccccc1. The van der Waals surface area contributed by atoms with Crippen molar-refractivity contribution in [1.82, 2.24) is 0 Å². The largest absolute Gasteiger partial charge is 0.465 e. The van der Waals surface area contributed by atoms with E-state index in [9.17, 15) is 9.59 Å². The Morgan fingerprint density at radius 1 is 1.08 bits per heavy atom. The molecule has 0 spiro atoms. The number of carbonyl (C=O) groups excluding carboxylic acids is 2. The highest BCUT2D eigenvalue weighted by molar-refractivity contribution is 6.15. The fraction of sp³-hybridized carbons (Fsp3) is 0.368. The highest BCUT2D eigenvalue weighted by Gasteiger charge is 2.26. The predicted octanol–water partition coefficient (Wildman–Crippen LogP) is 3.07. The fourth-order valence-electron chi connectivity index (χ4n) is 2.23. The average Bonchev–Trinajstić information content (AvgIpc) is 2.59. The Morgan fingerprint density at radius 2 is 1.58 bits per heavy atom. The number of hydrogen-bond donors (Lipinski definition) is 1. The van der Waals surface area contributed by atoms with Crippen LogP contribution >= 0.6 is 0 Å². The first-order valence-corrected chi connectivity index (χ1v) is 7.72. The van der Waals surface area contributed by atoms with Gasteiger partial charge in [0, 0.05) is 0 Å². The molecule has 1 aromatic rings. The van der Waals surface area contributed by atoms with Crippen molar-refractivity contribution in [1.29, 1.82) is 0 Å². The lowest BCUT2D eigenvalue weighted by molar-refractivity contribution is -0.144. The highest BCUT2D eigenvalue weighted by Crippen LogP contribution is 2.38. The fourth-order valence-corrected chi connectivity index (χ4v) is 2.23. The Morgan fingerprint density at radius 3 is 2.00 bits per heavy atom. The lowest BCUT2D eigenvalue weighted by Crippen LogP contribution is -2.21. The van der Waals surface area contributed by atoms with Gasteiger partial charge in [-0.25, -0.2) is 9.59 Å². The van der Waals surface area contributed by atoms with Gasteiger partial charge in [-0.2, -0.15) is 0 Å². The average molecular weight is 331 g/mol. The number of methoxy groups -OCH3 is 2. The van der Waals surface area contributed by atoms with Crippen LogP contribution in [0.1, 0.15) is 32.8 Å². The van der Waals surface area contributed by atoms with Gasteiger partial charge in [-0.1, -0.05) is 51.1 Å². The van der Waals surface area contributed by atoms with Gasteiger partial charge in [0.2, 0.25) is 0 Å². The molecule has 0 fully saturated rings. The van der Waals surface area contributed by atoms with Crippen LogP contribution in [-0.4, -0.2) is 26.2 Å². The lowest BCUT2D eigenvalue weighted by atomic mass is 9.77. The predicted molar refractivity (Wildman–Crippen MR) is 93.7 cm³/mol. The number of ether oxygens (including phenoxy) is 2. The van der Waals surface area contributed by atoms with Gasteiger partial charge < -0.3 is 15.2 Å². The van der Waals surface area contributed by atoms with Crippen LogP contribution in [0.2, 0.25) is 0 Å². The van der Waals surface area contributed by atoms with Gasteiger partial charge in [0.25, 0.3) is 0 Å².